The largest absolute Gasteiger partial charge is 0.493 e. The van der Waals surface area contributed by atoms with Gasteiger partial charge in [0.2, 0.25) is 5.95 Å². The van der Waals surface area contributed by atoms with E-state index in [2.05, 4.69) is 42.9 Å². The molecule has 4 aromatic rings. The van der Waals surface area contributed by atoms with E-state index in [0.29, 0.717) is 53.9 Å². The number of rotatable bonds is 4. The van der Waals surface area contributed by atoms with E-state index >= 15 is 0 Å². The van der Waals surface area contributed by atoms with E-state index in [9.17, 15) is 31.1 Å². The maximum absolute atomic E-state index is 12.7. The highest BCUT2D eigenvalue weighted by atomic mass is 35.5. The lowest BCUT2D eigenvalue weighted by Gasteiger charge is -2.31. The lowest BCUT2D eigenvalue weighted by Crippen LogP contribution is -2.39. The number of anilines is 4. The number of carbonyl (C=O) groups is 3. The summed E-state index contributed by atoms with van der Waals surface area (Å²) in [5.74, 6) is -2.80. The third-order valence-corrected chi connectivity index (χ3v) is 7.79. The Morgan fingerprint density at radius 3 is 2.21 bits per heavy atom. The van der Waals surface area contributed by atoms with Gasteiger partial charge in [-0.1, -0.05) is 16.8 Å². The van der Waals surface area contributed by atoms with Crippen LogP contribution in [-0.2, 0) is 22.4 Å². The van der Waals surface area contributed by atoms with Crippen LogP contribution >= 0.6 is 11.6 Å². The predicted molar refractivity (Wildman–Crippen MR) is 174 cm³/mol. The van der Waals surface area contributed by atoms with E-state index in [0.717, 1.165) is 53.9 Å². The maximum Gasteiger partial charge on any atom is 0.490 e. The minimum atomic E-state index is -5.08. The zero-order valence-electron chi connectivity index (χ0n) is 27.5. The van der Waals surface area contributed by atoms with E-state index in [1.54, 1.807) is 25.4 Å². The van der Waals surface area contributed by atoms with Crippen molar-refractivity contribution in [2.24, 2.45) is 5.92 Å². The molecule has 1 amide bonds. The van der Waals surface area contributed by atoms with Crippen LogP contribution in [0.1, 0.15) is 40.2 Å². The molecule has 21 heteroatoms. The average Bonchev–Trinajstić information content (AvgIpc) is 3.54. The number of piperidine rings is 1. The molecule has 0 spiro atoms. The Balaban J connectivity index is 0.000000381. The number of aliphatic carboxylic acids is 2. The molecule has 1 fully saturated rings. The van der Waals surface area contributed by atoms with Crippen LogP contribution in [-0.4, -0.2) is 85.1 Å². The molecule has 1 aromatic carbocycles. The number of carbonyl (C=O) groups excluding carboxylic acids is 1. The molecule has 0 atom stereocenters. The van der Waals surface area contributed by atoms with Crippen LogP contribution in [0.2, 0.25) is 5.02 Å². The number of nitrogens with one attached hydrogen (secondary N) is 2. The van der Waals surface area contributed by atoms with Crippen LogP contribution in [0.5, 0.6) is 5.75 Å². The molecular formula is C32H30ClF6N7O7. The van der Waals surface area contributed by atoms with E-state index in [1.165, 1.54) is 0 Å². The van der Waals surface area contributed by atoms with Crippen molar-refractivity contribution in [1.82, 2.24) is 25.0 Å². The summed E-state index contributed by atoms with van der Waals surface area (Å²) in [6.07, 6.45) is -1.67. The Morgan fingerprint density at radius 1 is 0.943 bits per heavy atom. The number of alkyl halides is 6. The number of likely N-dealkylation sites (tertiary alicyclic amines) is 1. The summed E-state index contributed by atoms with van der Waals surface area (Å²) in [7, 11) is 0. The molecule has 0 unspecified atom stereocenters. The molecule has 3 aromatic heterocycles. The standard InChI is InChI=1S/C28H28ClN7O3.2C2HF3O2/c1-17-10-24(35-39-17)27(37)36-8-6-18(7-9-36)16-38-25-5-4-21-12-20(25)3-2-19-11-22(14-30-13-19)33-28-31-15-23(29)26(32-21)34-28;2*3-2(4,5)1(6)7/h4-5,10-15,18H,2-3,6-9,16H2,1H3,(H2,31,32,33,34);2*(H,6,7). The van der Waals surface area contributed by atoms with Crippen LogP contribution in [0.3, 0.4) is 0 Å². The highest BCUT2D eigenvalue weighted by molar-refractivity contribution is 6.32. The van der Waals surface area contributed by atoms with Gasteiger partial charge in [-0.2, -0.15) is 31.3 Å². The second kappa shape index (κ2) is 17.2. The molecule has 0 radical (unpaired) electrons. The lowest BCUT2D eigenvalue weighted by molar-refractivity contribution is -0.193. The molecular weight excluding hydrogens is 744 g/mol. The quantitative estimate of drug-likeness (QED) is 0.162. The summed E-state index contributed by atoms with van der Waals surface area (Å²) in [4.78, 5) is 45.5. The summed E-state index contributed by atoms with van der Waals surface area (Å²) in [6.45, 7) is 3.72. The SMILES string of the molecule is Cc1cc(C(=O)N2CCC(COc3ccc4cc3CCc3cncc(c3)Nc3ncc(Cl)c(n3)N4)CC2)no1.O=C(O)C(F)(F)F.O=C(O)C(F)(F)F. The Bertz CT molecular complexity index is 1890. The third-order valence-electron chi connectivity index (χ3n) is 7.51. The minimum Gasteiger partial charge on any atom is -0.493 e. The molecule has 2 aliphatic heterocycles. The monoisotopic (exact) mass is 773 g/mol. The first kappa shape index (κ1) is 40.1. The predicted octanol–water partition coefficient (Wildman–Crippen LogP) is 6.61. The second-order valence-corrected chi connectivity index (χ2v) is 11.9. The van der Waals surface area contributed by atoms with E-state index in [1.807, 2.05) is 23.2 Å². The van der Waals surface area contributed by atoms with Gasteiger partial charge in [-0.05, 0) is 73.9 Å². The topological polar surface area (TPSA) is 193 Å². The number of amides is 1. The molecule has 1 saturated heterocycles. The molecule has 6 rings (SSSR count). The summed E-state index contributed by atoms with van der Waals surface area (Å²) >= 11 is 6.38. The number of halogens is 7. The first-order valence-electron chi connectivity index (χ1n) is 15.5. The molecule has 0 saturated carbocycles. The number of carboxylic acid groups (broad SMARTS) is 2. The average molecular weight is 774 g/mol. The Labute approximate surface area is 301 Å². The smallest absolute Gasteiger partial charge is 0.490 e. The van der Waals surface area contributed by atoms with Crippen molar-refractivity contribution in [1.29, 1.82) is 0 Å². The van der Waals surface area contributed by atoms with Gasteiger partial charge in [-0.3, -0.25) is 9.78 Å². The van der Waals surface area contributed by atoms with Crippen molar-refractivity contribution < 1.29 is 60.2 Å². The number of benzene rings is 1. The number of pyridine rings is 1. The summed E-state index contributed by atoms with van der Waals surface area (Å²) in [6, 6.07) is 9.77. The Hall–Kier alpha value is -5.66. The highest BCUT2D eigenvalue weighted by Crippen LogP contribution is 2.31. The summed E-state index contributed by atoms with van der Waals surface area (Å²) < 4.78 is 74.9. The molecule has 14 nitrogen and oxygen atoms in total. The van der Waals surface area contributed by atoms with Crippen LogP contribution in [0.25, 0.3) is 0 Å². The first-order chi connectivity index (χ1) is 24.9. The third kappa shape index (κ3) is 11.9. The van der Waals surface area contributed by atoms with Crippen molar-refractivity contribution in [3.63, 3.8) is 0 Å². The number of hydrogen-bond acceptors (Lipinski definition) is 11. The Kier molecular flexibility index (Phi) is 13.0. The number of fused-ring (bicyclic) bond motifs is 6. The van der Waals surface area contributed by atoms with Gasteiger partial charge < -0.3 is 35.0 Å². The van der Waals surface area contributed by atoms with Gasteiger partial charge in [0, 0.05) is 31.0 Å². The van der Waals surface area contributed by atoms with E-state index < -0.39 is 24.3 Å². The summed E-state index contributed by atoms with van der Waals surface area (Å²) in [5.41, 5.74) is 4.22. The van der Waals surface area contributed by atoms with Gasteiger partial charge in [0.15, 0.2) is 11.5 Å². The second-order valence-electron chi connectivity index (χ2n) is 11.5. The molecule has 284 valence electrons. The van der Waals surface area contributed by atoms with E-state index in [4.69, 9.17) is 40.7 Å². The van der Waals surface area contributed by atoms with Crippen molar-refractivity contribution >= 4 is 52.6 Å². The molecule has 6 bridgehead atoms. The van der Waals surface area contributed by atoms with Gasteiger partial charge in [0.1, 0.15) is 16.5 Å². The van der Waals surface area contributed by atoms with Crippen molar-refractivity contribution in [3.8, 4) is 5.75 Å². The molecule has 5 heterocycles. The Morgan fingerprint density at radius 2 is 1.60 bits per heavy atom. The highest BCUT2D eigenvalue weighted by Gasteiger charge is 2.39. The normalized spacial score (nSPS) is 14.2. The van der Waals surface area contributed by atoms with Crippen LogP contribution < -0.4 is 15.4 Å². The molecule has 53 heavy (non-hydrogen) atoms. The van der Waals surface area contributed by atoms with Gasteiger partial charge in [-0.25, -0.2) is 14.6 Å². The van der Waals surface area contributed by atoms with Gasteiger partial charge in [0.25, 0.3) is 5.91 Å². The zero-order chi connectivity index (χ0) is 38.9. The molecule has 4 N–H and O–H groups in total. The van der Waals surface area contributed by atoms with Crippen molar-refractivity contribution in [3.05, 3.63) is 76.5 Å². The molecule has 2 aliphatic rings. The van der Waals surface area contributed by atoms with Gasteiger partial charge in [0.05, 0.1) is 24.7 Å². The fourth-order valence-corrected chi connectivity index (χ4v) is 5.02. The first-order valence-corrected chi connectivity index (χ1v) is 15.9. The van der Waals surface area contributed by atoms with Gasteiger partial charge >= 0.3 is 24.3 Å². The molecule has 0 aliphatic carbocycles. The number of carboxylic acids is 2. The number of ether oxygens (including phenoxy) is 1. The van der Waals surface area contributed by atoms with Crippen molar-refractivity contribution in [2.75, 3.05) is 30.3 Å². The van der Waals surface area contributed by atoms with Crippen LogP contribution in [0, 0.1) is 12.8 Å². The number of aryl methyl sites for hydroxylation is 3. The minimum absolute atomic E-state index is 0.0785. The maximum atomic E-state index is 12.7. The fraction of sp³-hybridized carbons (Fsp3) is 0.344. The van der Waals surface area contributed by atoms with Crippen LogP contribution in [0.15, 0.2) is 53.4 Å². The van der Waals surface area contributed by atoms with Crippen LogP contribution in [0.4, 0.5) is 49.5 Å². The fourth-order valence-electron chi connectivity index (χ4n) is 4.89. The van der Waals surface area contributed by atoms with Crippen molar-refractivity contribution in [2.45, 2.75) is 45.0 Å². The zero-order valence-corrected chi connectivity index (χ0v) is 28.2. The van der Waals surface area contributed by atoms with Gasteiger partial charge in [-0.15, -0.1) is 0 Å². The number of hydrogen-bond donors (Lipinski definition) is 4. The summed E-state index contributed by atoms with van der Waals surface area (Å²) in [5, 5.41) is 25.1. The number of nitrogens with zero attached hydrogens (tertiary/aromatic N) is 5. The number of aromatic nitrogens is 4. The van der Waals surface area contributed by atoms with E-state index in [-0.39, 0.29) is 5.91 Å². The lowest BCUT2D eigenvalue weighted by atomic mass is 9.97.